The second-order valence-corrected chi connectivity index (χ2v) is 8.93. The average molecular weight is 445 g/mol. The lowest BCUT2D eigenvalue weighted by molar-refractivity contribution is -0.132. The lowest BCUT2D eigenvalue weighted by Crippen LogP contribution is -2.44. The van der Waals surface area contributed by atoms with Crippen LogP contribution in [0.5, 0.6) is 0 Å². The number of esters is 1. The van der Waals surface area contributed by atoms with Crippen LogP contribution in [0.1, 0.15) is 62.9 Å². The molecule has 32 heavy (non-hydrogen) atoms. The van der Waals surface area contributed by atoms with Crippen molar-refractivity contribution in [3.8, 4) is 0 Å². The number of methoxy groups -OCH3 is 1. The summed E-state index contributed by atoms with van der Waals surface area (Å²) in [6, 6.07) is 1.44. The number of ether oxygens (including phenoxy) is 2. The second kappa shape index (κ2) is 9.68. The van der Waals surface area contributed by atoms with Gasteiger partial charge in [0.15, 0.2) is 5.65 Å². The van der Waals surface area contributed by atoms with Gasteiger partial charge < -0.3 is 19.7 Å². The maximum Gasteiger partial charge on any atom is 0.420 e. The SMILES string of the molecule is CC[C@H](NCc1ccnc2c1c(C(=O)OC)cn2C(=O)OC(C)(C)C)C(=O)N1CCCC1. The zero-order valence-corrected chi connectivity index (χ0v) is 19.4. The summed E-state index contributed by atoms with van der Waals surface area (Å²) in [7, 11) is 1.29. The summed E-state index contributed by atoms with van der Waals surface area (Å²) in [5, 5.41) is 3.82. The lowest BCUT2D eigenvalue weighted by Gasteiger charge is -2.23. The number of carbonyl (C=O) groups is 3. The summed E-state index contributed by atoms with van der Waals surface area (Å²) in [5.74, 6) is -0.485. The van der Waals surface area contributed by atoms with E-state index in [2.05, 4.69) is 10.3 Å². The van der Waals surface area contributed by atoms with E-state index in [1.807, 2.05) is 11.8 Å². The Hall–Kier alpha value is -2.94. The van der Waals surface area contributed by atoms with E-state index < -0.39 is 17.7 Å². The molecule has 0 radical (unpaired) electrons. The van der Waals surface area contributed by atoms with Crippen LogP contribution in [-0.2, 0) is 20.8 Å². The molecule has 1 N–H and O–H groups in total. The van der Waals surface area contributed by atoms with Gasteiger partial charge in [-0.1, -0.05) is 6.92 Å². The Labute approximate surface area is 188 Å². The first kappa shape index (κ1) is 23.7. The van der Waals surface area contributed by atoms with E-state index in [9.17, 15) is 14.4 Å². The lowest BCUT2D eigenvalue weighted by atomic mass is 10.1. The maximum absolute atomic E-state index is 12.8. The van der Waals surface area contributed by atoms with Gasteiger partial charge in [-0.25, -0.2) is 19.1 Å². The molecule has 0 unspecified atom stereocenters. The number of amides is 1. The number of pyridine rings is 1. The first-order valence-corrected chi connectivity index (χ1v) is 11.0. The van der Waals surface area contributed by atoms with Gasteiger partial charge in [-0.05, 0) is 51.7 Å². The van der Waals surface area contributed by atoms with E-state index in [0.29, 0.717) is 24.0 Å². The van der Waals surface area contributed by atoms with Crippen LogP contribution in [0.4, 0.5) is 4.79 Å². The van der Waals surface area contributed by atoms with Crippen molar-refractivity contribution < 1.29 is 23.9 Å². The molecule has 0 aromatic carbocycles. The van der Waals surface area contributed by atoms with Crippen LogP contribution in [0.3, 0.4) is 0 Å². The van der Waals surface area contributed by atoms with Crippen LogP contribution in [-0.4, -0.2) is 64.3 Å². The predicted molar refractivity (Wildman–Crippen MR) is 119 cm³/mol. The third kappa shape index (κ3) is 5.09. The van der Waals surface area contributed by atoms with E-state index in [4.69, 9.17) is 9.47 Å². The molecule has 2 aromatic heterocycles. The standard InChI is InChI=1S/C23H32N4O5/c1-6-17(20(28)26-11-7-8-12-26)25-13-15-9-10-24-19-18(15)16(21(29)31-5)14-27(19)22(30)32-23(2,3)4/h9-10,14,17,25H,6-8,11-13H2,1-5H3/t17-/m0/s1. The van der Waals surface area contributed by atoms with E-state index >= 15 is 0 Å². The molecule has 1 saturated heterocycles. The van der Waals surface area contributed by atoms with Crippen LogP contribution in [0.15, 0.2) is 18.5 Å². The normalized spacial score (nSPS) is 15.1. The number of aromatic nitrogens is 2. The van der Waals surface area contributed by atoms with Gasteiger partial charge >= 0.3 is 12.1 Å². The highest BCUT2D eigenvalue weighted by Crippen LogP contribution is 2.26. The highest BCUT2D eigenvalue weighted by molar-refractivity contribution is 6.06. The Morgan fingerprint density at radius 2 is 1.91 bits per heavy atom. The van der Waals surface area contributed by atoms with Gasteiger partial charge in [-0.2, -0.15) is 0 Å². The molecule has 3 heterocycles. The van der Waals surface area contributed by atoms with Crippen LogP contribution in [0.2, 0.25) is 0 Å². The summed E-state index contributed by atoms with van der Waals surface area (Å²) >= 11 is 0. The van der Waals surface area contributed by atoms with Crippen LogP contribution in [0.25, 0.3) is 11.0 Å². The second-order valence-electron chi connectivity index (χ2n) is 8.93. The smallest absolute Gasteiger partial charge is 0.420 e. The van der Waals surface area contributed by atoms with E-state index in [1.54, 1.807) is 33.0 Å². The molecule has 1 aliphatic rings. The summed E-state index contributed by atoms with van der Waals surface area (Å²) in [6.07, 6.45) is 5.05. The molecular weight excluding hydrogens is 412 g/mol. The van der Waals surface area contributed by atoms with E-state index in [0.717, 1.165) is 31.5 Å². The van der Waals surface area contributed by atoms with Gasteiger partial charge in [0.05, 0.1) is 18.7 Å². The van der Waals surface area contributed by atoms with Gasteiger partial charge in [0.25, 0.3) is 0 Å². The average Bonchev–Trinajstić information content (AvgIpc) is 3.41. The molecule has 1 fully saturated rings. The number of nitrogens with zero attached hydrogens (tertiary/aromatic N) is 3. The summed E-state index contributed by atoms with van der Waals surface area (Å²) in [4.78, 5) is 44.3. The fourth-order valence-corrected chi connectivity index (χ4v) is 3.88. The van der Waals surface area contributed by atoms with Crippen LogP contribution < -0.4 is 5.32 Å². The Balaban J connectivity index is 1.94. The minimum atomic E-state index is -0.706. The number of likely N-dealkylation sites (tertiary alicyclic amines) is 1. The predicted octanol–water partition coefficient (Wildman–Crippen LogP) is 3.10. The van der Waals surface area contributed by atoms with Crippen molar-refractivity contribution in [3.63, 3.8) is 0 Å². The first-order chi connectivity index (χ1) is 15.2. The largest absolute Gasteiger partial charge is 0.465 e. The molecule has 0 aliphatic carbocycles. The Bertz CT molecular complexity index is 1000. The van der Waals surface area contributed by atoms with Crippen molar-refractivity contribution in [1.29, 1.82) is 0 Å². The minimum Gasteiger partial charge on any atom is -0.465 e. The molecule has 0 bridgehead atoms. The van der Waals surface area contributed by atoms with Crippen molar-refractivity contribution in [3.05, 3.63) is 29.6 Å². The monoisotopic (exact) mass is 444 g/mol. The van der Waals surface area contributed by atoms with Crippen molar-refractivity contribution in [2.24, 2.45) is 0 Å². The molecule has 9 heteroatoms. The van der Waals surface area contributed by atoms with E-state index in [-0.39, 0.29) is 17.5 Å². The zero-order chi connectivity index (χ0) is 23.5. The number of nitrogens with one attached hydrogen (secondary N) is 1. The van der Waals surface area contributed by atoms with Crippen molar-refractivity contribution in [2.45, 2.75) is 65.1 Å². The molecule has 174 valence electrons. The number of rotatable bonds is 6. The molecular formula is C23H32N4O5. The zero-order valence-electron chi connectivity index (χ0n) is 19.4. The Morgan fingerprint density at radius 1 is 1.22 bits per heavy atom. The van der Waals surface area contributed by atoms with Crippen LogP contribution >= 0.6 is 0 Å². The number of hydrogen-bond donors (Lipinski definition) is 1. The molecule has 0 spiro atoms. The molecule has 1 atom stereocenters. The molecule has 9 nitrogen and oxygen atoms in total. The Morgan fingerprint density at radius 3 is 2.50 bits per heavy atom. The van der Waals surface area contributed by atoms with Crippen molar-refractivity contribution >= 4 is 29.0 Å². The van der Waals surface area contributed by atoms with Gasteiger partial charge in [0.1, 0.15) is 5.60 Å². The summed E-state index contributed by atoms with van der Waals surface area (Å²) < 4.78 is 11.6. The van der Waals surface area contributed by atoms with Gasteiger partial charge in [0, 0.05) is 37.4 Å². The van der Waals surface area contributed by atoms with Gasteiger partial charge in [-0.3, -0.25) is 4.79 Å². The van der Waals surface area contributed by atoms with Crippen molar-refractivity contribution in [2.75, 3.05) is 20.2 Å². The van der Waals surface area contributed by atoms with E-state index in [1.165, 1.54) is 17.9 Å². The van der Waals surface area contributed by atoms with Crippen LogP contribution in [0, 0.1) is 0 Å². The molecule has 1 amide bonds. The highest BCUT2D eigenvalue weighted by Gasteiger charge is 2.27. The molecule has 0 saturated carbocycles. The number of carbonyl (C=O) groups excluding carboxylic acids is 3. The Kier molecular flexibility index (Phi) is 7.18. The minimum absolute atomic E-state index is 0.0924. The molecule has 2 aromatic rings. The quantitative estimate of drug-likeness (QED) is 0.683. The van der Waals surface area contributed by atoms with Gasteiger partial charge in [0.2, 0.25) is 5.91 Å². The van der Waals surface area contributed by atoms with Gasteiger partial charge in [-0.15, -0.1) is 0 Å². The number of fused-ring (bicyclic) bond motifs is 1. The number of hydrogen-bond acceptors (Lipinski definition) is 7. The third-order valence-corrected chi connectivity index (χ3v) is 5.43. The van der Waals surface area contributed by atoms with Crippen molar-refractivity contribution in [1.82, 2.24) is 19.8 Å². The highest BCUT2D eigenvalue weighted by atomic mass is 16.6. The topological polar surface area (TPSA) is 103 Å². The first-order valence-electron chi connectivity index (χ1n) is 11.0. The summed E-state index contributed by atoms with van der Waals surface area (Å²) in [5.41, 5.74) is 0.558. The fraction of sp³-hybridized carbons (Fsp3) is 0.565. The fourth-order valence-electron chi connectivity index (χ4n) is 3.88. The summed E-state index contributed by atoms with van der Waals surface area (Å²) in [6.45, 7) is 9.18. The maximum atomic E-state index is 12.8. The molecule has 3 rings (SSSR count). The molecule has 1 aliphatic heterocycles. The third-order valence-electron chi connectivity index (χ3n) is 5.43.